The number of ether oxygens (including phenoxy) is 1. The molecule has 4 nitrogen and oxygen atoms in total. The van der Waals surface area contributed by atoms with Gasteiger partial charge in [-0.15, -0.1) is 0 Å². The van der Waals surface area contributed by atoms with Gasteiger partial charge in [0.2, 0.25) is 5.91 Å². The van der Waals surface area contributed by atoms with Gasteiger partial charge in [-0.2, -0.15) is 0 Å². The minimum absolute atomic E-state index is 0.0111. The molecular formula is C16H24N2O2. The van der Waals surface area contributed by atoms with Crippen LogP contribution in [-0.4, -0.2) is 43.2 Å². The lowest BCUT2D eigenvalue weighted by Crippen LogP contribution is -2.46. The molecule has 0 aliphatic carbocycles. The van der Waals surface area contributed by atoms with Crippen molar-refractivity contribution < 1.29 is 9.53 Å². The monoisotopic (exact) mass is 276 g/mol. The Balaban J connectivity index is 1.82. The molecule has 2 N–H and O–H groups in total. The van der Waals surface area contributed by atoms with Crippen LogP contribution in [0.25, 0.3) is 0 Å². The molecule has 1 saturated heterocycles. The van der Waals surface area contributed by atoms with Crippen LogP contribution in [0.4, 0.5) is 0 Å². The molecule has 1 aliphatic rings. The molecule has 2 rings (SSSR count). The van der Waals surface area contributed by atoms with Crippen LogP contribution in [0.2, 0.25) is 0 Å². The summed E-state index contributed by atoms with van der Waals surface area (Å²) in [5.41, 5.74) is 7.12. The molecule has 4 heteroatoms. The first-order valence-corrected chi connectivity index (χ1v) is 7.33. The quantitative estimate of drug-likeness (QED) is 0.888. The maximum Gasteiger partial charge on any atom is 0.239 e. The van der Waals surface area contributed by atoms with Crippen LogP contribution >= 0.6 is 0 Å². The van der Waals surface area contributed by atoms with E-state index in [2.05, 4.69) is 0 Å². The first-order chi connectivity index (χ1) is 9.66. The minimum Gasteiger partial charge on any atom is -0.376 e. The minimum atomic E-state index is -0.481. The van der Waals surface area contributed by atoms with E-state index in [1.807, 2.05) is 37.4 Å². The standard InChI is InChI=1S/C16H24N2O2/c1-18(12-14-9-5-6-10-20-14)16(19)15(17)11-13-7-3-2-4-8-13/h2-4,7-8,14-15H,5-6,9-12,17H2,1H3/t14?,15-/m1/s1. The maximum absolute atomic E-state index is 12.3. The largest absolute Gasteiger partial charge is 0.376 e. The lowest BCUT2D eigenvalue weighted by molar-refractivity contribution is -0.133. The summed E-state index contributed by atoms with van der Waals surface area (Å²) < 4.78 is 5.66. The van der Waals surface area contributed by atoms with Crippen molar-refractivity contribution >= 4 is 5.91 Å². The van der Waals surface area contributed by atoms with E-state index in [1.54, 1.807) is 4.90 Å². The summed E-state index contributed by atoms with van der Waals surface area (Å²) in [5.74, 6) is -0.0111. The van der Waals surface area contributed by atoms with Crippen molar-refractivity contribution in [3.05, 3.63) is 35.9 Å². The van der Waals surface area contributed by atoms with Crippen molar-refractivity contribution in [1.82, 2.24) is 4.90 Å². The third kappa shape index (κ3) is 4.32. The van der Waals surface area contributed by atoms with Crippen molar-refractivity contribution in [1.29, 1.82) is 0 Å². The lowest BCUT2D eigenvalue weighted by atomic mass is 10.0. The Hall–Kier alpha value is -1.39. The Morgan fingerprint density at radius 3 is 2.80 bits per heavy atom. The number of carbonyl (C=O) groups excluding carboxylic acids is 1. The predicted octanol–water partition coefficient (Wildman–Crippen LogP) is 1.58. The van der Waals surface area contributed by atoms with E-state index in [-0.39, 0.29) is 12.0 Å². The highest BCUT2D eigenvalue weighted by Gasteiger charge is 2.22. The summed E-state index contributed by atoms with van der Waals surface area (Å²) >= 11 is 0. The summed E-state index contributed by atoms with van der Waals surface area (Å²) in [5, 5.41) is 0. The summed E-state index contributed by atoms with van der Waals surface area (Å²) in [6, 6.07) is 9.40. The lowest BCUT2D eigenvalue weighted by Gasteiger charge is -2.28. The predicted molar refractivity (Wildman–Crippen MR) is 79.3 cm³/mol. The maximum atomic E-state index is 12.3. The molecule has 20 heavy (non-hydrogen) atoms. The zero-order chi connectivity index (χ0) is 14.4. The molecule has 110 valence electrons. The van der Waals surface area contributed by atoms with E-state index in [1.165, 1.54) is 6.42 Å². The van der Waals surface area contributed by atoms with Crippen molar-refractivity contribution in [3.63, 3.8) is 0 Å². The van der Waals surface area contributed by atoms with E-state index in [0.29, 0.717) is 13.0 Å². The van der Waals surface area contributed by atoms with E-state index in [0.717, 1.165) is 25.0 Å². The van der Waals surface area contributed by atoms with Crippen LogP contribution in [0.3, 0.4) is 0 Å². The summed E-state index contributed by atoms with van der Waals surface area (Å²) in [6.45, 7) is 1.45. The number of hydrogen-bond donors (Lipinski definition) is 1. The number of rotatable bonds is 5. The van der Waals surface area contributed by atoms with Gasteiger partial charge in [0.15, 0.2) is 0 Å². The smallest absolute Gasteiger partial charge is 0.239 e. The van der Waals surface area contributed by atoms with Gasteiger partial charge in [0, 0.05) is 20.2 Å². The van der Waals surface area contributed by atoms with E-state index < -0.39 is 6.04 Å². The van der Waals surface area contributed by atoms with Gasteiger partial charge in [-0.05, 0) is 31.2 Å². The first kappa shape index (κ1) is 15.0. The number of likely N-dealkylation sites (N-methyl/N-ethyl adjacent to an activating group) is 1. The number of benzene rings is 1. The molecule has 1 aromatic carbocycles. The molecule has 1 aromatic rings. The molecule has 0 radical (unpaired) electrons. The van der Waals surface area contributed by atoms with Crippen LogP contribution in [0, 0.1) is 0 Å². The molecule has 2 atom stereocenters. The van der Waals surface area contributed by atoms with Gasteiger partial charge >= 0.3 is 0 Å². The SMILES string of the molecule is CN(CC1CCCCO1)C(=O)[C@H](N)Cc1ccccc1. The molecule has 0 saturated carbocycles. The van der Waals surface area contributed by atoms with E-state index in [9.17, 15) is 4.79 Å². The third-order valence-corrected chi connectivity index (χ3v) is 3.74. The zero-order valence-electron chi connectivity index (χ0n) is 12.1. The molecule has 1 fully saturated rings. The van der Waals surface area contributed by atoms with E-state index in [4.69, 9.17) is 10.5 Å². The van der Waals surface area contributed by atoms with Gasteiger partial charge in [0.25, 0.3) is 0 Å². The van der Waals surface area contributed by atoms with Crippen molar-refractivity contribution in [2.24, 2.45) is 5.73 Å². The number of amides is 1. The van der Waals surface area contributed by atoms with Crippen molar-refractivity contribution in [2.45, 2.75) is 37.8 Å². The summed E-state index contributed by atoms with van der Waals surface area (Å²) in [6.07, 6.45) is 4.09. The average Bonchev–Trinajstić information content (AvgIpc) is 2.48. The van der Waals surface area contributed by atoms with Crippen molar-refractivity contribution in [2.75, 3.05) is 20.2 Å². The normalized spacial score (nSPS) is 20.4. The van der Waals surface area contributed by atoms with Crippen LogP contribution in [0.1, 0.15) is 24.8 Å². The number of hydrogen-bond acceptors (Lipinski definition) is 3. The van der Waals surface area contributed by atoms with Crippen molar-refractivity contribution in [3.8, 4) is 0 Å². The Morgan fingerprint density at radius 1 is 1.40 bits per heavy atom. The number of carbonyl (C=O) groups is 1. The Labute approximate surface area is 120 Å². The Bertz CT molecular complexity index is 416. The zero-order valence-corrected chi connectivity index (χ0v) is 12.1. The van der Waals surface area contributed by atoms with Gasteiger partial charge in [-0.3, -0.25) is 4.79 Å². The highest BCUT2D eigenvalue weighted by atomic mass is 16.5. The van der Waals surface area contributed by atoms with Crippen LogP contribution < -0.4 is 5.73 Å². The fourth-order valence-corrected chi connectivity index (χ4v) is 2.59. The average molecular weight is 276 g/mol. The number of nitrogens with zero attached hydrogens (tertiary/aromatic N) is 1. The fraction of sp³-hybridized carbons (Fsp3) is 0.562. The number of nitrogens with two attached hydrogens (primary N) is 1. The third-order valence-electron chi connectivity index (χ3n) is 3.74. The van der Waals surface area contributed by atoms with E-state index >= 15 is 0 Å². The molecule has 0 aromatic heterocycles. The first-order valence-electron chi connectivity index (χ1n) is 7.33. The highest BCUT2D eigenvalue weighted by Crippen LogP contribution is 2.14. The van der Waals surface area contributed by atoms with Gasteiger partial charge in [-0.1, -0.05) is 30.3 Å². The molecule has 1 unspecified atom stereocenters. The molecule has 0 spiro atoms. The fourth-order valence-electron chi connectivity index (χ4n) is 2.59. The summed E-state index contributed by atoms with van der Waals surface area (Å²) in [7, 11) is 1.81. The van der Waals surface area contributed by atoms with Gasteiger partial charge in [0.05, 0.1) is 12.1 Å². The van der Waals surface area contributed by atoms with Gasteiger partial charge in [-0.25, -0.2) is 0 Å². The van der Waals surface area contributed by atoms with Gasteiger partial charge < -0.3 is 15.4 Å². The van der Waals surface area contributed by atoms with Crippen LogP contribution in [0.15, 0.2) is 30.3 Å². The Morgan fingerprint density at radius 2 is 2.15 bits per heavy atom. The molecular weight excluding hydrogens is 252 g/mol. The van der Waals surface area contributed by atoms with Crippen LogP contribution in [0.5, 0.6) is 0 Å². The second-order valence-corrected chi connectivity index (χ2v) is 5.50. The topological polar surface area (TPSA) is 55.6 Å². The summed E-state index contributed by atoms with van der Waals surface area (Å²) in [4.78, 5) is 14.0. The highest BCUT2D eigenvalue weighted by molar-refractivity contribution is 5.81. The van der Waals surface area contributed by atoms with Crippen LogP contribution in [-0.2, 0) is 16.0 Å². The molecule has 1 aliphatic heterocycles. The second-order valence-electron chi connectivity index (χ2n) is 5.50. The molecule has 0 bridgehead atoms. The molecule has 1 heterocycles. The molecule has 1 amide bonds. The van der Waals surface area contributed by atoms with Gasteiger partial charge in [0.1, 0.15) is 0 Å². The Kier molecular flexibility index (Phi) is 5.56. The second kappa shape index (κ2) is 7.41.